The van der Waals surface area contributed by atoms with Crippen molar-refractivity contribution < 1.29 is 9.53 Å². The summed E-state index contributed by atoms with van der Waals surface area (Å²) in [6, 6.07) is 23.9. The molecule has 180 valence electrons. The van der Waals surface area contributed by atoms with E-state index in [0.29, 0.717) is 37.1 Å². The summed E-state index contributed by atoms with van der Waals surface area (Å²) < 4.78 is 8.51. The Morgan fingerprint density at radius 3 is 2.60 bits per heavy atom. The molecule has 1 aliphatic rings. The molecule has 1 aromatic heterocycles. The number of benzene rings is 3. The highest BCUT2D eigenvalue weighted by Crippen LogP contribution is 2.34. The third-order valence-electron chi connectivity index (χ3n) is 6.95. The number of halogens is 1. The summed E-state index contributed by atoms with van der Waals surface area (Å²) in [7, 11) is 0. The van der Waals surface area contributed by atoms with Crippen molar-refractivity contribution >= 4 is 34.2 Å². The van der Waals surface area contributed by atoms with Gasteiger partial charge in [0.25, 0.3) is 0 Å². The first-order chi connectivity index (χ1) is 17.0. The number of hydrogen-bond acceptors (Lipinski definition) is 3. The second-order valence-corrected chi connectivity index (χ2v) is 9.62. The number of hydrogen-bond donors (Lipinski definition) is 0. The van der Waals surface area contributed by atoms with E-state index in [1.165, 1.54) is 5.56 Å². The van der Waals surface area contributed by atoms with Crippen molar-refractivity contribution in [2.24, 2.45) is 0 Å². The minimum atomic E-state index is 0.0120. The molecule has 35 heavy (non-hydrogen) atoms. The van der Waals surface area contributed by atoms with Crippen LogP contribution in [0.15, 0.2) is 72.8 Å². The van der Waals surface area contributed by atoms with Crippen molar-refractivity contribution in [3.63, 3.8) is 0 Å². The van der Waals surface area contributed by atoms with Crippen molar-refractivity contribution in [1.29, 1.82) is 0 Å². The zero-order valence-electron chi connectivity index (χ0n) is 20.2. The lowest BCUT2D eigenvalue weighted by Crippen LogP contribution is -2.24. The lowest BCUT2D eigenvalue weighted by atomic mass is 9.98. The van der Waals surface area contributed by atoms with Crippen LogP contribution in [0.25, 0.3) is 11.0 Å². The van der Waals surface area contributed by atoms with Crippen LogP contribution in [0.4, 0.5) is 5.69 Å². The quantitative estimate of drug-likeness (QED) is 0.274. The third kappa shape index (κ3) is 4.78. The number of ether oxygens (including phenoxy) is 1. The molecule has 0 aliphatic carbocycles. The predicted octanol–water partition coefficient (Wildman–Crippen LogP) is 6.80. The van der Waals surface area contributed by atoms with Crippen molar-refractivity contribution in [1.82, 2.24) is 9.55 Å². The summed E-state index contributed by atoms with van der Waals surface area (Å²) in [6.45, 7) is 6.22. The van der Waals surface area contributed by atoms with E-state index in [9.17, 15) is 4.79 Å². The number of aromatic nitrogens is 2. The van der Waals surface area contributed by atoms with Crippen LogP contribution < -0.4 is 9.64 Å². The van der Waals surface area contributed by atoms with Crippen LogP contribution in [0, 0.1) is 0 Å². The molecule has 2 unspecified atom stereocenters. The topological polar surface area (TPSA) is 47.4 Å². The molecule has 0 spiro atoms. The van der Waals surface area contributed by atoms with Crippen molar-refractivity contribution in [3.05, 3.63) is 89.2 Å². The SMILES string of the molecule is CCC(C)c1ccccc1OCCn1c(C2CC(=O)N(c3ccc(Cl)cc3)C2)nc2ccccc21. The van der Waals surface area contributed by atoms with E-state index in [2.05, 4.69) is 36.6 Å². The molecule has 2 atom stereocenters. The van der Waals surface area contributed by atoms with Crippen LogP contribution in [-0.2, 0) is 11.3 Å². The molecule has 5 rings (SSSR count). The fraction of sp³-hybridized carbons (Fsp3) is 0.310. The summed E-state index contributed by atoms with van der Waals surface area (Å²) in [5, 5.41) is 0.661. The number of amides is 1. The molecule has 3 aromatic carbocycles. The first-order valence-corrected chi connectivity index (χ1v) is 12.7. The van der Waals surface area contributed by atoms with E-state index in [1.807, 2.05) is 59.5 Å². The van der Waals surface area contributed by atoms with Gasteiger partial charge in [-0.1, -0.05) is 55.8 Å². The van der Waals surface area contributed by atoms with Gasteiger partial charge >= 0.3 is 0 Å². The van der Waals surface area contributed by atoms with E-state index in [-0.39, 0.29) is 11.8 Å². The number of para-hydroxylation sites is 3. The molecule has 5 nitrogen and oxygen atoms in total. The third-order valence-corrected chi connectivity index (χ3v) is 7.20. The fourth-order valence-corrected chi connectivity index (χ4v) is 5.00. The highest BCUT2D eigenvalue weighted by Gasteiger charge is 2.34. The maximum absolute atomic E-state index is 12.9. The van der Waals surface area contributed by atoms with Gasteiger partial charge in [0.2, 0.25) is 5.91 Å². The Morgan fingerprint density at radius 1 is 1.06 bits per heavy atom. The van der Waals surface area contributed by atoms with Gasteiger partial charge in [0.05, 0.1) is 17.6 Å². The number of imidazole rings is 1. The van der Waals surface area contributed by atoms with E-state index < -0.39 is 0 Å². The molecule has 1 saturated heterocycles. The van der Waals surface area contributed by atoms with Gasteiger partial charge in [-0.3, -0.25) is 4.79 Å². The van der Waals surface area contributed by atoms with Crippen LogP contribution in [-0.4, -0.2) is 28.6 Å². The lowest BCUT2D eigenvalue weighted by molar-refractivity contribution is -0.117. The molecular weight excluding hydrogens is 458 g/mol. The molecule has 0 N–H and O–H groups in total. The van der Waals surface area contributed by atoms with Gasteiger partial charge in [-0.2, -0.15) is 0 Å². The van der Waals surface area contributed by atoms with E-state index in [1.54, 1.807) is 0 Å². The molecular formula is C29H30ClN3O2. The standard InChI is InChI=1S/C29H30ClN3O2/c1-3-20(2)24-8-4-7-11-27(24)35-17-16-32-26-10-6-5-9-25(26)31-29(32)21-18-28(34)33(19-21)23-14-12-22(30)13-15-23/h4-15,20-21H,3,16-19H2,1-2H3. The van der Waals surface area contributed by atoms with Gasteiger partial charge in [0.15, 0.2) is 0 Å². The summed E-state index contributed by atoms with van der Waals surface area (Å²) in [4.78, 5) is 19.7. The van der Waals surface area contributed by atoms with E-state index >= 15 is 0 Å². The van der Waals surface area contributed by atoms with E-state index in [0.717, 1.165) is 34.7 Å². The fourth-order valence-electron chi connectivity index (χ4n) is 4.88. The number of anilines is 1. The monoisotopic (exact) mass is 487 g/mol. The largest absolute Gasteiger partial charge is 0.491 e. The Labute approximate surface area is 211 Å². The molecule has 6 heteroatoms. The Bertz CT molecular complexity index is 1330. The van der Waals surface area contributed by atoms with Gasteiger partial charge in [-0.15, -0.1) is 0 Å². The maximum Gasteiger partial charge on any atom is 0.227 e. The smallest absolute Gasteiger partial charge is 0.227 e. The number of carbonyl (C=O) groups is 1. The molecule has 2 heterocycles. The summed E-state index contributed by atoms with van der Waals surface area (Å²) in [5.74, 6) is 2.44. The van der Waals surface area contributed by atoms with Gasteiger partial charge in [0, 0.05) is 29.6 Å². The van der Waals surface area contributed by atoms with Crippen LogP contribution >= 0.6 is 11.6 Å². The van der Waals surface area contributed by atoms with Gasteiger partial charge in [-0.05, 0) is 60.4 Å². The van der Waals surface area contributed by atoms with Crippen LogP contribution in [0.3, 0.4) is 0 Å². The van der Waals surface area contributed by atoms with Gasteiger partial charge in [-0.25, -0.2) is 4.98 Å². The molecule has 0 radical (unpaired) electrons. The Kier molecular flexibility index (Phi) is 6.78. The molecule has 1 amide bonds. The normalized spacial score (nSPS) is 16.7. The second-order valence-electron chi connectivity index (χ2n) is 9.19. The zero-order chi connectivity index (χ0) is 24.4. The predicted molar refractivity (Wildman–Crippen MR) is 142 cm³/mol. The van der Waals surface area contributed by atoms with Crippen LogP contribution in [0.5, 0.6) is 5.75 Å². The molecule has 0 saturated carbocycles. The molecule has 0 bridgehead atoms. The van der Waals surface area contributed by atoms with Crippen molar-refractivity contribution in [2.45, 2.75) is 45.1 Å². The van der Waals surface area contributed by atoms with E-state index in [4.69, 9.17) is 21.3 Å². The molecule has 4 aromatic rings. The molecule has 1 fully saturated rings. The minimum absolute atomic E-state index is 0.0120. The Morgan fingerprint density at radius 2 is 1.80 bits per heavy atom. The number of nitrogens with zero attached hydrogens (tertiary/aromatic N) is 3. The highest BCUT2D eigenvalue weighted by molar-refractivity contribution is 6.30. The summed E-state index contributed by atoms with van der Waals surface area (Å²) in [6.07, 6.45) is 1.50. The highest BCUT2D eigenvalue weighted by atomic mass is 35.5. The van der Waals surface area contributed by atoms with Crippen LogP contribution in [0.1, 0.15) is 49.9 Å². The van der Waals surface area contributed by atoms with Gasteiger partial charge in [0.1, 0.15) is 18.2 Å². The summed E-state index contributed by atoms with van der Waals surface area (Å²) in [5.41, 5.74) is 4.12. The average Bonchev–Trinajstić information content (AvgIpc) is 3.45. The van der Waals surface area contributed by atoms with Gasteiger partial charge < -0.3 is 14.2 Å². The Balaban J connectivity index is 1.39. The number of fused-ring (bicyclic) bond motifs is 1. The number of rotatable bonds is 8. The van der Waals surface area contributed by atoms with Crippen molar-refractivity contribution in [3.8, 4) is 5.75 Å². The number of carbonyl (C=O) groups excluding carboxylic acids is 1. The Hall–Kier alpha value is -3.31. The maximum atomic E-state index is 12.9. The van der Waals surface area contributed by atoms with Crippen LogP contribution in [0.2, 0.25) is 5.02 Å². The molecule has 1 aliphatic heterocycles. The summed E-state index contributed by atoms with van der Waals surface area (Å²) >= 11 is 6.04. The first-order valence-electron chi connectivity index (χ1n) is 12.3. The zero-order valence-corrected chi connectivity index (χ0v) is 20.9. The lowest BCUT2D eigenvalue weighted by Gasteiger charge is -2.18. The first kappa shape index (κ1) is 23.4. The second kappa shape index (κ2) is 10.1. The van der Waals surface area contributed by atoms with Crippen molar-refractivity contribution in [2.75, 3.05) is 18.1 Å². The minimum Gasteiger partial charge on any atom is -0.491 e. The average molecular weight is 488 g/mol.